The molecule has 0 saturated carbocycles. The van der Waals surface area contributed by atoms with Gasteiger partial charge in [-0.2, -0.15) is 0 Å². The Morgan fingerprint density at radius 1 is 1.03 bits per heavy atom. The number of carbonyl (C=O) groups excluding carboxylic acids is 1. The number of nitrogens with one attached hydrogen (secondary N) is 1. The predicted molar refractivity (Wildman–Crippen MR) is 113 cm³/mol. The van der Waals surface area contributed by atoms with Crippen LogP contribution in [0.3, 0.4) is 0 Å². The summed E-state index contributed by atoms with van der Waals surface area (Å²) in [5, 5.41) is 5.82. The van der Waals surface area contributed by atoms with Gasteiger partial charge in [-0.05, 0) is 42.0 Å². The molecule has 0 bridgehead atoms. The molecule has 1 aromatic heterocycles. The molecule has 29 heavy (non-hydrogen) atoms. The Kier molecular flexibility index (Phi) is 6.27. The molecule has 0 radical (unpaired) electrons. The number of hydrogen-bond donors (Lipinski definition) is 1. The lowest BCUT2D eigenvalue weighted by molar-refractivity contribution is -0.125. The Morgan fingerprint density at radius 3 is 2.21 bits per heavy atom. The second-order valence-corrected chi connectivity index (χ2v) is 8.60. The summed E-state index contributed by atoms with van der Waals surface area (Å²) in [6.45, 7) is 6.36. The average molecular weight is 416 g/mol. The molecule has 1 heterocycles. The van der Waals surface area contributed by atoms with Gasteiger partial charge in [-0.15, -0.1) is 11.3 Å². The van der Waals surface area contributed by atoms with Gasteiger partial charge in [0.25, 0.3) is 0 Å². The van der Waals surface area contributed by atoms with Crippen LogP contribution in [-0.2, 0) is 17.9 Å². The summed E-state index contributed by atoms with van der Waals surface area (Å²) >= 11 is 1.44. The van der Waals surface area contributed by atoms with E-state index in [1.54, 1.807) is 29.2 Å². The van der Waals surface area contributed by atoms with E-state index >= 15 is 0 Å². The summed E-state index contributed by atoms with van der Waals surface area (Å²) in [6, 6.07) is 12.2. The number of rotatable bonds is 6. The van der Waals surface area contributed by atoms with Crippen LogP contribution in [0.5, 0.6) is 0 Å². The highest BCUT2D eigenvalue weighted by molar-refractivity contribution is 7.13. The molecular weight excluding hydrogens is 392 g/mol. The first-order valence-electron chi connectivity index (χ1n) is 9.22. The van der Waals surface area contributed by atoms with Gasteiger partial charge in [-0.1, -0.05) is 32.9 Å². The van der Waals surface area contributed by atoms with E-state index in [1.165, 1.54) is 35.6 Å². The Balaban J connectivity index is 1.73. The van der Waals surface area contributed by atoms with Gasteiger partial charge >= 0.3 is 0 Å². The quantitative estimate of drug-likeness (QED) is 0.569. The Morgan fingerprint density at radius 2 is 1.62 bits per heavy atom. The number of amides is 1. The number of hydrogen-bond acceptors (Lipinski definition) is 4. The molecule has 3 aromatic rings. The van der Waals surface area contributed by atoms with E-state index in [9.17, 15) is 13.6 Å². The molecule has 0 saturated heterocycles. The van der Waals surface area contributed by atoms with Gasteiger partial charge in [-0.25, -0.2) is 13.8 Å². The van der Waals surface area contributed by atoms with Gasteiger partial charge in [0, 0.05) is 23.0 Å². The van der Waals surface area contributed by atoms with Crippen molar-refractivity contribution in [1.29, 1.82) is 0 Å². The lowest BCUT2D eigenvalue weighted by atomic mass is 9.94. The van der Waals surface area contributed by atoms with Gasteiger partial charge < -0.3 is 10.2 Å². The van der Waals surface area contributed by atoms with Gasteiger partial charge in [0.1, 0.15) is 11.6 Å². The van der Waals surface area contributed by atoms with Crippen LogP contribution in [0.25, 0.3) is 0 Å². The van der Waals surface area contributed by atoms with Crippen LogP contribution in [0, 0.1) is 17.0 Å². The molecule has 0 unspecified atom stereocenters. The smallest absolute Gasteiger partial charge is 0.232 e. The maximum absolute atomic E-state index is 13.3. The number of halogens is 2. The minimum absolute atomic E-state index is 0.0714. The first-order valence-corrected chi connectivity index (χ1v) is 10.1. The second kappa shape index (κ2) is 8.69. The fourth-order valence-corrected chi connectivity index (χ4v) is 3.41. The molecule has 0 fully saturated rings. The van der Waals surface area contributed by atoms with E-state index in [4.69, 9.17) is 0 Å². The summed E-state index contributed by atoms with van der Waals surface area (Å²) in [6.07, 6.45) is 0. The number of nitrogens with zero attached hydrogens (tertiary/aromatic N) is 2. The molecule has 4 nitrogen and oxygen atoms in total. The zero-order chi connectivity index (χ0) is 21.0. The highest BCUT2D eigenvalue weighted by atomic mass is 32.1. The zero-order valence-corrected chi connectivity index (χ0v) is 17.4. The fraction of sp³-hybridized carbons (Fsp3) is 0.273. The number of benzene rings is 2. The van der Waals surface area contributed by atoms with Crippen molar-refractivity contribution in [2.75, 3.05) is 10.2 Å². The Labute approximate surface area is 173 Å². The fourth-order valence-electron chi connectivity index (χ4n) is 2.71. The minimum Gasteiger partial charge on any atom is -0.357 e. The summed E-state index contributed by atoms with van der Waals surface area (Å²) in [4.78, 5) is 19.1. The third kappa shape index (κ3) is 5.60. The topological polar surface area (TPSA) is 45.2 Å². The van der Waals surface area contributed by atoms with Crippen LogP contribution < -0.4 is 10.2 Å². The monoisotopic (exact) mass is 415 g/mol. The Bertz CT molecular complexity index is 963. The van der Waals surface area contributed by atoms with Crippen molar-refractivity contribution in [3.63, 3.8) is 0 Å². The van der Waals surface area contributed by atoms with Crippen LogP contribution in [-0.4, -0.2) is 10.9 Å². The summed E-state index contributed by atoms with van der Waals surface area (Å²) in [5.74, 6) is -0.689. The molecular formula is C22H23F2N3OS. The molecule has 0 spiro atoms. The van der Waals surface area contributed by atoms with Gasteiger partial charge in [0.15, 0.2) is 5.13 Å². The first kappa shape index (κ1) is 20.9. The standard InChI is InChI=1S/C22H23F2N3OS/c1-22(2,3)20(28)27(19-10-8-17(24)9-11-19)13-18-14-29-21(26-18)25-12-15-4-6-16(23)7-5-15/h4-11,14H,12-13H2,1-3H3,(H,25,26). The van der Waals surface area contributed by atoms with Crippen LogP contribution >= 0.6 is 11.3 Å². The van der Waals surface area contributed by atoms with E-state index in [0.29, 0.717) is 17.4 Å². The van der Waals surface area contributed by atoms with Crippen molar-refractivity contribution in [3.8, 4) is 0 Å². The summed E-state index contributed by atoms with van der Waals surface area (Å²) in [5.41, 5.74) is 1.71. The maximum atomic E-state index is 13.3. The largest absolute Gasteiger partial charge is 0.357 e. The first-order chi connectivity index (χ1) is 13.7. The lowest BCUT2D eigenvalue weighted by Gasteiger charge is -2.29. The predicted octanol–water partition coefficient (Wildman–Crippen LogP) is 5.61. The van der Waals surface area contributed by atoms with E-state index in [-0.39, 0.29) is 24.1 Å². The molecule has 152 valence electrons. The van der Waals surface area contributed by atoms with E-state index in [2.05, 4.69) is 10.3 Å². The van der Waals surface area contributed by atoms with Crippen LogP contribution in [0.15, 0.2) is 53.9 Å². The molecule has 0 atom stereocenters. The molecule has 1 N–H and O–H groups in total. The second-order valence-electron chi connectivity index (χ2n) is 7.74. The summed E-state index contributed by atoms with van der Waals surface area (Å²) in [7, 11) is 0. The number of carbonyl (C=O) groups is 1. The summed E-state index contributed by atoms with van der Waals surface area (Å²) < 4.78 is 26.3. The number of anilines is 2. The lowest BCUT2D eigenvalue weighted by Crippen LogP contribution is -2.39. The maximum Gasteiger partial charge on any atom is 0.232 e. The normalized spacial score (nSPS) is 11.3. The third-order valence-corrected chi connectivity index (χ3v) is 5.10. The van der Waals surface area contributed by atoms with Crippen molar-refractivity contribution in [3.05, 3.63) is 76.8 Å². The molecule has 2 aromatic carbocycles. The van der Waals surface area contributed by atoms with Gasteiger partial charge in [0.2, 0.25) is 5.91 Å². The number of thiazole rings is 1. The van der Waals surface area contributed by atoms with Crippen LogP contribution in [0.1, 0.15) is 32.0 Å². The van der Waals surface area contributed by atoms with Crippen LogP contribution in [0.2, 0.25) is 0 Å². The highest BCUT2D eigenvalue weighted by Gasteiger charge is 2.29. The molecule has 0 aliphatic carbocycles. The van der Waals surface area contributed by atoms with Gasteiger partial charge in [0.05, 0.1) is 12.2 Å². The SMILES string of the molecule is CC(C)(C)C(=O)N(Cc1csc(NCc2ccc(F)cc2)n1)c1ccc(F)cc1. The molecule has 0 aliphatic heterocycles. The highest BCUT2D eigenvalue weighted by Crippen LogP contribution is 2.27. The molecule has 1 amide bonds. The van der Waals surface area contributed by atoms with Crippen LogP contribution in [0.4, 0.5) is 19.6 Å². The van der Waals surface area contributed by atoms with Crippen molar-refractivity contribution in [2.45, 2.75) is 33.9 Å². The minimum atomic E-state index is -0.589. The molecule has 0 aliphatic rings. The average Bonchev–Trinajstić information content (AvgIpc) is 3.13. The molecule has 7 heteroatoms. The van der Waals surface area contributed by atoms with E-state index < -0.39 is 5.41 Å². The van der Waals surface area contributed by atoms with Gasteiger partial charge in [-0.3, -0.25) is 4.79 Å². The van der Waals surface area contributed by atoms with E-state index in [0.717, 1.165) is 11.3 Å². The number of aromatic nitrogens is 1. The van der Waals surface area contributed by atoms with Crippen molar-refractivity contribution in [1.82, 2.24) is 4.98 Å². The Hall–Kier alpha value is -2.80. The van der Waals surface area contributed by atoms with Crippen molar-refractivity contribution >= 4 is 28.1 Å². The third-order valence-electron chi connectivity index (χ3n) is 4.25. The molecule has 3 rings (SSSR count). The zero-order valence-electron chi connectivity index (χ0n) is 16.6. The van der Waals surface area contributed by atoms with Crippen molar-refractivity contribution in [2.24, 2.45) is 5.41 Å². The van der Waals surface area contributed by atoms with E-state index in [1.807, 2.05) is 26.2 Å². The van der Waals surface area contributed by atoms with Crippen molar-refractivity contribution < 1.29 is 13.6 Å².